The summed E-state index contributed by atoms with van der Waals surface area (Å²) in [6, 6.07) is 3.87. The van der Waals surface area contributed by atoms with Crippen LogP contribution in [0.3, 0.4) is 0 Å². The van der Waals surface area contributed by atoms with Crippen LogP contribution in [0.1, 0.15) is 13.8 Å². The summed E-state index contributed by atoms with van der Waals surface area (Å²) in [5, 5.41) is 5.16. The molecule has 0 bridgehead atoms. The number of hydrogen-bond donors (Lipinski definition) is 1. The first-order valence-electron chi connectivity index (χ1n) is 5.10. The summed E-state index contributed by atoms with van der Waals surface area (Å²) in [6.07, 6.45) is 7.62. The second-order valence-electron chi connectivity index (χ2n) is 3.21. The van der Waals surface area contributed by atoms with Gasteiger partial charge in [0.25, 0.3) is 0 Å². The molecular formula is C12H13N3S. The molecule has 0 aliphatic heterocycles. The average molecular weight is 231 g/mol. The van der Waals surface area contributed by atoms with Crippen molar-refractivity contribution in [1.82, 2.24) is 9.97 Å². The lowest BCUT2D eigenvalue weighted by Gasteiger charge is -1.99. The summed E-state index contributed by atoms with van der Waals surface area (Å²) >= 11 is 1.64. The fourth-order valence-electron chi connectivity index (χ4n) is 1.37. The van der Waals surface area contributed by atoms with Crippen molar-refractivity contribution in [2.45, 2.75) is 13.8 Å². The summed E-state index contributed by atoms with van der Waals surface area (Å²) in [4.78, 5) is 8.54. The van der Waals surface area contributed by atoms with Crippen molar-refractivity contribution in [3.05, 3.63) is 34.4 Å². The van der Waals surface area contributed by atoms with E-state index in [1.807, 2.05) is 32.1 Å². The van der Waals surface area contributed by atoms with Crippen LogP contribution in [0.2, 0.25) is 0 Å². The van der Waals surface area contributed by atoms with Crippen LogP contribution in [-0.4, -0.2) is 9.97 Å². The Morgan fingerprint density at radius 1 is 1.31 bits per heavy atom. The van der Waals surface area contributed by atoms with Crippen LogP contribution in [0.15, 0.2) is 24.5 Å². The van der Waals surface area contributed by atoms with E-state index in [0.29, 0.717) is 0 Å². The molecule has 3 nitrogen and oxygen atoms in total. The van der Waals surface area contributed by atoms with Crippen molar-refractivity contribution in [2.24, 2.45) is 0 Å². The maximum atomic E-state index is 4.49. The molecule has 0 aliphatic rings. The van der Waals surface area contributed by atoms with Crippen molar-refractivity contribution in [2.75, 3.05) is 5.32 Å². The van der Waals surface area contributed by atoms with Crippen LogP contribution in [0, 0.1) is 0 Å². The van der Waals surface area contributed by atoms with Crippen molar-refractivity contribution in [3.63, 3.8) is 0 Å². The Morgan fingerprint density at radius 2 is 2.19 bits per heavy atom. The monoisotopic (exact) mass is 231 g/mol. The minimum absolute atomic E-state index is 0.897. The molecule has 2 heterocycles. The largest absolute Gasteiger partial charge is 0.330 e. The molecule has 4 heteroatoms. The molecule has 0 aromatic carbocycles. The zero-order chi connectivity index (χ0) is 11.4. The molecule has 0 saturated carbocycles. The Kier molecular flexibility index (Phi) is 3.31. The second-order valence-corrected chi connectivity index (χ2v) is 4.24. The molecule has 16 heavy (non-hydrogen) atoms. The molecule has 2 aromatic rings. The highest BCUT2D eigenvalue weighted by atomic mass is 32.1. The lowest BCUT2D eigenvalue weighted by atomic mass is 10.4. The van der Waals surface area contributed by atoms with E-state index >= 15 is 0 Å². The number of nitrogens with one attached hydrogen (secondary N) is 1. The van der Waals surface area contributed by atoms with E-state index in [1.54, 1.807) is 23.7 Å². The predicted octanol–water partition coefficient (Wildman–Crippen LogP) is 1.88. The molecular weight excluding hydrogens is 218 g/mol. The van der Waals surface area contributed by atoms with Gasteiger partial charge in [-0.2, -0.15) is 0 Å². The van der Waals surface area contributed by atoms with Gasteiger partial charge >= 0.3 is 0 Å². The number of hydrogen-bond acceptors (Lipinski definition) is 4. The molecule has 0 radical (unpaired) electrons. The standard InChI is InChI=1S/C12H13N3S/c1-3-10-11(4-2)16-12(15-10)14-9-6-5-7-13-8-9/h3-8H,1-2H3,(H,14,15). The molecule has 0 aliphatic carbocycles. The Morgan fingerprint density at radius 3 is 2.75 bits per heavy atom. The Labute approximate surface area is 98.2 Å². The van der Waals surface area contributed by atoms with Crippen LogP contribution < -0.4 is 15.2 Å². The van der Waals surface area contributed by atoms with Crippen molar-refractivity contribution < 1.29 is 0 Å². The topological polar surface area (TPSA) is 37.8 Å². The van der Waals surface area contributed by atoms with E-state index in [4.69, 9.17) is 0 Å². The summed E-state index contributed by atoms with van der Waals surface area (Å²) in [5.74, 6) is 0. The Hall–Kier alpha value is -1.68. The van der Waals surface area contributed by atoms with Gasteiger partial charge in [0.15, 0.2) is 5.13 Å². The summed E-state index contributed by atoms with van der Waals surface area (Å²) in [7, 11) is 0. The predicted molar refractivity (Wildman–Crippen MR) is 69.2 cm³/mol. The number of anilines is 2. The van der Waals surface area contributed by atoms with Crippen molar-refractivity contribution in [1.29, 1.82) is 0 Å². The van der Waals surface area contributed by atoms with E-state index in [1.165, 1.54) is 4.53 Å². The van der Waals surface area contributed by atoms with Crippen molar-refractivity contribution in [3.8, 4) is 0 Å². The normalized spacial score (nSPS) is 13.1. The smallest absolute Gasteiger partial charge is 0.188 e. The SMILES string of the molecule is CC=c1nc(Nc2cccnc2)sc1=CC. The van der Waals surface area contributed by atoms with Gasteiger partial charge < -0.3 is 5.32 Å². The number of rotatable bonds is 2. The van der Waals surface area contributed by atoms with Gasteiger partial charge in [-0.3, -0.25) is 4.98 Å². The molecule has 2 aromatic heterocycles. The fourth-order valence-corrected chi connectivity index (χ4v) is 2.28. The fraction of sp³-hybridized carbons (Fsp3) is 0.167. The third-order valence-electron chi connectivity index (χ3n) is 2.13. The van der Waals surface area contributed by atoms with Gasteiger partial charge in [-0.1, -0.05) is 23.5 Å². The van der Waals surface area contributed by atoms with E-state index < -0.39 is 0 Å². The Bertz CT molecular complexity index is 541. The molecule has 0 spiro atoms. The summed E-state index contributed by atoms with van der Waals surface area (Å²) in [6.45, 7) is 4.02. The summed E-state index contributed by atoms with van der Waals surface area (Å²) < 4.78 is 1.19. The van der Waals surface area contributed by atoms with Gasteiger partial charge in [-0.15, -0.1) is 0 Å². The van der Waals surface area contributed by atoms with Gasteiger partial charge in [-0.05, 0) is 26.0 Å². The average Bonchev–Trinajstić information content (AvgIpc) is 2.72. The molecule has 0 unspecified atom stereocenters. The van der Waals surface area contributed by atoms with Crippen LogP contribution in [-0.2, 0) is 0 Å². The zero-order valence-electron chi connectivity index (χ0n) is 9.27. The first-order valence-corrected chi connectivity index (χ1v) is 5.91. The molecule has 0 amide bonds. The molecule has 0 atom stereocenters. The molecule has 2 rings (SSSR count). The van der Waals surface area contributed by atoms with Crippen LogP contribution >= 0.6 is 11.3 Å². The molecule has 0 fully saturated rings. The molecule has 1 N–H and O–H groups in total. The maximum absolute atomic E-state index is 4.49. The van der Waals surface area contributed by atoms with Gasteiger partial charge in [-0.25, -0.2) is 4.98 Å². The van der Waals surface area contributed by atoms with E-state index in [-0.39, 0.29) is 0 Å². The van der Waals surface area contributed by atoms with E-state index in [9.17, 15) is 0 Å². The lowest BCUT2D eigenvalue weighted by Crippen LogP contribution is -2.19. The van der Waals surface area contributed by atoms with E-state index in [2.05, 4.69) is 21.4 Å². The maximum Gasteiger partial charge on any atom is 0.188 e. The van der Waals surface area contributed by atoms with Crippen LogP contribution in [0.5, 0.6) is 0 Å². The van der Waals surface area contributed by atoms with Gasteiger partial charge in [0.2, 0.25) is 0 Å². The Balaban J connectivity index is 2.34. The second kappa shape index (κ2) is 4.90. The molecule has 82 valence electrons. The third kappa shape index (κ3) is 2.28. The van der Waals surface area contributed by atoms with E-state index in [0.717, 1.165) is 16.2 Å². The highest BCUT2D eigenvalue weighted by Crippen LogP contribution is 2.13. The molecule has 0 saturated heterocycles. The number of nitrogens with zero attached hydrogens (tertiary/aromatic N) is 2. The first kappa shape index (κ1) is 10.8. The minimum atomic E-state index is 0.897. The lowest BCUT2D eigenvalue weighted by molar-refractivity contribution is 1.28. The van der Waals surface area contributed by atoms with Crippen molar-refractivity contribution >= 4 is 34.3 Å². The van der Waals surface area contributed by atoms with Crippen LogP contribution in [0.4, 0.5) is 10.8 Å². The minimum Gasteiger partial charge on any atom is -0.330 e. The van der Waals surface area contributed by atoms with Gasteiger partial charge in [0.1, 0.15) is 0 Å². The number of pyridine rings is 1. The highest BCUT2D eigenvalue weighted by molar-refractivity contribution is 7.13. The first-order chi connectivity index (χ1) is 7.83. The highest BCUT2D eigenvalue weighted by Gasteiger charge is 1.99. The van der Waals surface area contributed by atoms with Gasteiger partial charge in [0.05, 0.1) is 21.8 Å². The third-order valence-corrected chi connectivity index (χ3v) is 3.18. The quantitative estimate of drug-likeness (QED) is 0.857. The summed E-state index contributed by atoms with van der Waals surface area (Å²) in [5.41, 5.74) is 0.960. The van der Waals surface area contributed by atoms with Crippen LogP contribution in [0.25, 0.3) is 12.2 Å². The number of thiazole rings is 1. The van der Waals surface area contributed by atoms with Gasteiger partial charge in [0, 0.05) is 6.20 Å². The number of aromatic nitrogens is 2. The zero-order valence-corrected chi connectivity index (χ0v) is 10.1.